The Hall–Kier alpha value is -2.51. The third-order valence-corrected chi connectivity index (χ3v) is 5.18. The van der Waals surface area contributed by atoms with Gasteiger partial charge in [-0.05, 0) is 37.5 Å². The molecule has 3 N–H and O–H groups in total. The number of allylic oxidation sites excluding steroid dienone is 3. The minimum atomic E-state index is -0.294. The smallest absolute Gasteiger partial charge is 0.261 e. The lowest BCUT2D eigenvalue weighted by Gasteiger charge is -2.17. The second-order valence-electron chi connectivity index (χ2n) is 6.00. The lowest BCUT2D eigenvalue weighted by molar-refractivity contribution is 0.0921. The molecule has 1 atom stereocenters. The minimum Gasteiger partial charge on any atom is -0.394 e. The molecule has 26 heavy (non-hydrogen) atoms. The number of thiophene rings is 1. The third kappa shape index (κ3) is 4.56. The normalized spacial score (nSPS) is 14.6. The molecule has 2 aromatic heterocycles. The summed E-state index contributed by atoms with van der Waals surface area (Å²) >= 11 is 1.37. The van der Waals surface area contributed by atoms with Crippen molar-refractivity contribution in [2.75, 3.05) is 19.0 Å². The Morgan fingerprint density at radius 1 is 1.35 bits per heavy atom. The molecule has 0 bridgehead atoms. The highest BCUT2D eigenvalue weighted by Gasteiger charge is 2.17. The summed E-state index contributed by atoms with van der Waals surface area (Å²) in [5.41, 5.74) is 1.92. The van der Waals surface area contributed by atoms with Crippen LogP contribution in [0.2, 0.25) is 0 Å². The monoisotopic (exact) mass is 370 g/mol. The number of aromatic nitrogens is 2. The van der Waals surface area contributed by atoms with E-state index in [-0.39, 0.29) is 18.6 Å². The van der Waals surface area contributed by atoms with Gasteiger partial charge in [0, 0.05) is 13.2 Å². The Morgan fingerprint density at radius 2 is 2.23 bits per heavy atom. The average Bonchev–Trinajstić information content (AvgIpc) is 3.18. The Bertz CT molecular complexity index is 828. The first-order valence-electron chi connectivity index (χ1n) is 8.58. The number of aliphatic hydroxyl groups excluding tert-OH is 1. The number of nitrogens with zero attached hydrogens (tertiary/aromatic N) is 2. The predicted molar refractivity (Wildman–Crippen MR) is 104 cm³/mol. The van der Waals surface area contributed by atoms with Gasteiger partial charge in [-0.1, -0.05) is 23.8 Å². The van der Waals surface area contributed by atoms with Crippen LogP contribution in [0.1, 0.15) is 28.9 Å². The summed E-state index contributed by atoms with van der Waals surface area (Å²) in [4.78, 5) is 22.5. The van der Waals surface area contributed by atoms with Crippen LogP contribution >= 0.6 is 11.3 Å². The lowest BCUT2D eigenvalue weighted by atomic mass is 10.0. The van der Waals surface area contributed by atoms with Crippen LogP contribution < -0.4 is 10.6 Å². The van der Waals surface area contributed by atoms with Gasteiger partial charge >= 0.3 is 0 Å². The zero-order chi connectivity index (χ0) is 18.4. The molecule has 1 aliphatic carbocycles. The van der Waals surface area contributed by atoms with E-state index in [9.17, 15) is 9.90 Å². The number of anilines is 1. The molecule has 0 unspecified atom stereocenters. The van der Waals surface area contributed by atoms with E-state index in [1.54, 1.807) is 19.3 Å². The van der Waals surface area contributed by atoms with Crippen molar-refractivity contribution in [3.05, 3.63) is 53.1 Å². The van der Waals surface area contributed by atoms with E-state index in [4.69, 9.17) is 0 Å². The summed E-state index contributed by atoms with van der Waals surface area (Å²) in [6.07, 6.45) is 10.7. The number of carbonyl (C=O) groups is 1. The van der Waals surface area contributed by atoms with Gasteiger partial charge in [-0.25, -0.2) is 9.97 Å². The van der Waals surface area contributed by atoms with Crippen LogP contribution in [-0.2, 0) is 0 Å². The Morgan fingerprint density at radius 3 is 2.96 bits per heavy atom. The average molecular weight is 370 g/mol. The summed E-state index contributed by atoms with van der Waals surface area (Å²) in [7, 11) is 1.76. The molecule has 0 aliphatic heterocycles. The third-order valence-electron chi connectivity index (χ3n) is 4.07. The van der Waals surface area contributed by atoms with Crippen molar-refractivity contribution in [2.24, 2.45) is 0 Å². The largest absolute Gasteiger partial charge is 0.394 e. The second kappa shape index (κ2) is 8.73. The van der Waals surface area contributed by atoms with Crippen molar-refractivity contribution in [3.8, 4) is 10.6 Å². The molecule has 0 saturated heterocycles. The molecule has 2 aromatic rings. The van der Waals surface area contributed by atoms with Gasteiger partial charge in [0.2, 0.25) is 5.95 Å². The number of aliphatic hydroxyl groups is 1. The second-order valence-corrected chi connectivity index (χ2v) is 7.08. The van der Waals surface area contributed by atoms with Crippen LogP contribution in [0.4, 0.5) is 5.95 Å². The van der Waals surface area contributed by atoms with Gasteiger partial charge in [0.1, 0.15) is 0 Å². The standard InChI is InChI=1S/C19H22N4O2S/c1-20-19-21-10-9-15(23-19)16-7-8-17(26-16)18(25)22-14(12-24)11-13-5-3-2-4-6-13/h3,5-10,14,24H,2,4,11-12H2,1H3,(H,22,25)(H,20,21,23)/t14-/m0/s1. The fraction of sp³-hybridized carbons (Fsp3) is 0.316. The van der Waals surface area contributed by atoms with Crippen molar-refractivity contribution >= 4 is 23.2 Å². The van der Waals surface area contributed by atoms with Crippen LogP contribution in [0.3, 0.4) is 0 Å². The zero-order valence-electron chi connectivity index (χ0n) is 14.6. The molecule has 0 radical (unpaired) electrons. The number of hydrogen-bond donors (Lipinski definition) is 3. The van der Waals surface area contributed by atoms with Gasteiger partial charge in [0.15, 0.2) is 0 Å². The number of rotatable bonds is 7. The van der Waals surface area contributed by atoms with Gasteiger partial charge in [-0.3, -0.25) is 4.79 Å². The van der Waals surface area contributed by atoms with Crippen LogP contribution in [-0.4, -0.2) is 40.7 Å². The number of nitrogens with one attached hydrogen (secondary N) is 2. The molecule has 0 fully saturated rings. The molecule has 6 nitrogen and oxygen atoms in total. The van der Waals surface area contributed by atoms with Crippen LogP contribution in [0.15, 0.2) is 48.2 Å². The van der Waals surface area contributed by atoms with E-state index in [1.165, 1.54) is 11.3 Å². The molecule has 1 aliphatic rings. The van der Waals surface area contributed by atoms with E-state index >= 15 is 0 Å². The molecular formula is C19H22N4O2S. The molecule has 7 heteroatoms. The Balaban J connectivity index is 1.66. The van der Waals surface area contributed by atoms with Crippen LogP contribution in [0, 0.1) is 0 Å². The molecule has 0 saturated carbocycles. The molecule has 3 rings (SSSR count). The first-order chi connectivity index (χ1) is 12.7. The van der Waals surface area contributed by atoms with Gasteiger partial charge in [-0.2, -0.15) is 0 Å². The Labute approximate surface area is 156 Å². The molecule has 1 amide bonds. The predicted octanol–water partition coefficient (Wildman–Crippen LogP) is 3.00. The maximum absolute atomic E-state index is 12.5. The van der Waals surface area contributed by atoms with Crippen molar-refractivity contribution in [1.82, 2.24) is 15.3 Å². The summed E-state index contributed by atoms with van der Waals surface area (Å²) < 4.78 is 0. The highest BCUT2D eigenvalue weighted by atomic mass is 32.1. The van der Waals surface area contributed by atoms with Gasteiger partial charge < -0.3 is 15.7 Å². The first-order valence-corrected chi connectivity index (χ1v) is 9.39. The van der Waals surface area contributed by atoms with Gasteiger partial charge in [-0.15, -0.1) is 11.3 Å². The van der Waals surface area contributed by atoms with Crippen molar-refractivity contribution < 1.29 is 9.90 Å². The van der Waals surface area contributed by atoms with E-state index in [0.29, 0.717) is 17.2 Å². The zero-order valence-corrected chi connectivity index (χ0v) is 15.4. The Kier molecular flexibility index (Phi) is 6.14. The maximum atomic E-state index is 12.5. The summed E-state index contributed by atoms with van der Waals surface area (Å²) in [6, 6.07) is 5.18. The van der Waals surface area contributed by atoms with E-state index in [2.05, 4.69) is 38.8 Å². The van der Waals surface area contributed by atoms with Gasteiger partial charge in [0.05, 0.1) is 28.1 Å². The quantitative estimate of drug-likeness (QED) is 0.697. The van der Waals surface area contributed by atoms with Crippen LogP contribution in [0.25, 0.3) is 10.6 Å². The first kappa shape index (κ1) is 18.3. The lowest BCUT2D eigenvalue weighted by Crippen LogP contribution is -2.37. The maximum Gasteiger partial charge on any atom is 0.261 e. The topological polar surface area (TPSA) is 87.1 Å². The van der Waals surface area contributed by atoms with E-state index < -0.39 is 0 Å². The SMILES string of the molecule is CNc1nccc(-c2ccc(C(=O)N[C@H](CO)CC3=CCCC=C3)s2)n1. The molecule has 2 heterocycles. The molecule has 0 spiro atoms. The molecule has 0 aromatic carbocycles. The highest BCUT2D eigenvalue weighted by Crippen LogP contribution is 2.27. The number of hydrogen-bond acceptors (Lipinski definition) is 6. The summed E-state index contributed by atoms with van der Waals surface area (Å²) in [5, 5.41) is 15.4. The highest BCUT2D eigenvalue weighted by molar-refractivity contribution is 7.17. The van der Waals surface area contributed by atoms with Crippen molar-refractivity contribution in [1.29, 1.82) is 0 Å². The van der Waals surface area contributed by atoms with Gasteiger partial charge in [0.25, 0.3) is 5.91 Å². The summed E-state index contributed by atoms with van der Waals surface area (Å²) in [6.45, 7) is -0.0907. The van der Waals surface area contributed by atoms with Crippen molar-refractivity contribution in [3.63, 3.8) is 0 Å². The van der Waals surface area contributed by atoms with E-state index in [1.807, 2.05) is 12.1 Å². The summed E-state index contributed by atoms with van der Waals surface area (Å²) in [5.74, 6) is 0.361. The molecular weight excluding hydrogens is 348 g/mol. The minimum absolute atomic E-state index is 0.0907. The fourth-order valence-corrected chi connectivity index (χ4v) is 3.61. The van der Waals surface area contributed by atoms with Crippen LogP contribution in [0.5, 0.6) is 0 Å². The number of amides is 1. The molecule has 136 valence electrons. The van der Waals surface area contributed by atoms with Crippen molar-refractivity contribution in [2.45, 2.75) is 25.3 Å². The fourth-order valence-electron chi connectivity index (χ4n) is 2.74. The van der Waals surface area contributed by atoms with E-state index in [0.717, 1.165) is 29.0 Å². The number of carbonyl (C=O) groups excluding carboxylic acids is 1.